The summed E-state index contributed by atoms with van der Waals surface area (Å²) >= 11 is 0. The Morgan fingerprint density at radius 2 is 1.19 bits per heavy atom. The molecule has 0 spiro atoms. The standard InChI is InChI=1S/C17H26F8N2O4/c1-10(4-5-26(13(28)29)8-16(22,23)11(18)19)6-15(2,3)7-27(14(30)31)9-17(24,25)12(20)21/h10-12H,4-9H2,1-3H3,(H,28,29)(H,30,31). The number of hydrogen-bond donors (Lipinski definition) is 2. The van der Waals surface area contributed by atoms with Crippen molar-refractivity contribution in [3.8, 4) is 0 Å². The molecule has 14 heteroatoms. The molecule has 0 radical (unpaired) electrons. The summed E-state index contributed by atoms with van der Waals surface area (Å²) in [7, 11) is 0. The predicted molar refractivity (Wildman–Crippen MR) is 93.3 cm³/mol. The Hall–Kier alpha value is -2.02. The maximum Gasteiger partial charge on any atom is 0.407 e. The zero-order chi connectivity index (χ0) is 24.8. The van der Waals surface area contributed by atoms with Crippen LogP contribution in [-0.2, 0) is 0 Å². The molecule has 2 amide bonds. The van der Waals surface area contributed by atoms with Gasteiger partial charge in [-0.1, -0.05) is 20.8 Å². The molecule has 0 aliphatic heterocycles. The van der Waals surface area contributed by atoms with Crippen molar-refractivity contribution < 1.29 is 54.9 Å². The largest absolute Gasteiger partial charge is 0.465 e. The molecule has 0 aromatic rings. The second kappa shape index (κ2) is 11.0. The highest BCUT2D eigenvalue weighted by molar-refractivity contribution is 5.65. The highest BCUT2D eigenvalue weighted by atomic mass is 19.3. The van der Waals surface area contributed by atoms with Crippen LogP contribution in [0.4, 0.5) is 44.7 Å². The number of rotatable bonds is 13. The third-order valence-electron chi connectivity index (χ3n) is 4.39. The van der Waals surface area contributed by atoms with Crippen LogP contribution in [0.15, 0.2) is 0 Å². The van der Waals surface area contributed by atoms with Gasteiger partial charge in [0.1, 0.15) is 0 Å². The van der Waals surface area contributed by atoms with E-state index in [9.17, 15) is 44.7 Å². The lowest BCUT2D eigenvalue weighted by Crippen LogP contribution is -2.47. The molecule has 1 unspecified atom stereocenters. The summed E-state index contributed by atoms with van der Waals surface area (Å²) in [4.78, 5) is 22.5. The van der Waals surface area contributed by atoms with Gasteiger partial charge in [0, 0.05) is 13.1 Å². The van der Waals surface area contributed by atoms with E-state index in [-0.39, 0.29) is 22.6 Å². The molecule has 6 nitrogen and oxygen atoms in total. The molecule has 1 atom stereocenters. The average Bonchev–Trinajstić information content (AvgIpc) is 2.56. The molecule has 0 saturated carbocycles. The van der Waals surface area contributed by atoms with E-state index in [0.29, 0.717) is 0 Å². The zero-order valence-electron chi connectivity index (χ0n) is 17.1. The summed E-state index contributed by atoms with van der Waals surface area (Å²) in [5.41, 5.74) is -1.03. The molecule has 0 aliphatic rings. The van der Waals surface area contributed by atoms with Gasteiger partial charge in [-0.2, -0.15) is 17.6 Å². The molecular weight excluding hydrogens is 448 g/mol. The van der Waals surface area contributed by atoms with E-state index in [4.69, 9.17) is 10.2 Å². The third-order valence-corrected chi connectivity index (χ3v) is 4.39. The fourth-order valence-corrected chi connectivity index (χ4v) is 3.08. The third kappa shape index (κ3) is 10.2. The van der Waals surface area contributed by atoms with Crippen LogP contribution < -0.4 is 0 Å². The number of halogens is 8. The number of carboxylic acid groups (broad SMARTS) is 2. The fraction of sp³-hybridized carbons (Fsp3) is 0.882. The first kappa shape index (κ1) is 29.0. The zero-order valence-corrected chi connectivity index (χ0v) is 17.1. The molecule has 31 heavy (non-hydrogen) atoms. The van der Waals surface area contributed by atoms with Gasteiger partial charge in [-0.25, -0.2) is 27.2 Å². The van der Waals surface area contributed by atoms with Crippen LogP contribution in [0.25, 0.3) is 0 Å². The van der Waals surface area contributed by atoms with Gasteiger partial charge in [0.2, 0.25) is 0 Å². The van der Waals surface area contributed by atoms with Crippen molar-refractivity contribution in [3.63, 3.8) is 0 Å². The summed E-state index contributed by atoms with van der Waals surface area (Å²) in [6.45, 7) is -0.0767. The monoisotopic (exact) mass is 474 g/mol. The van der Waals surface area contributed by atoms with Crippen molar-refractivity contribution in [3.05, 3.63) is 0 Å². The molecule has 0 fully saturated rings. The van der Waals surface area contributed by atoms with E-state index in [1.807, 2.05) is 0 Å². The quantitative estimate of drug-likeness (QED) is 0.360. The molecule has 0 aromatic heterocycles. The van der Waals surface area contributed by atoms with Gasteiger partial charge in [0.15, 0.2) is 0 Å². The van der Waals surface area contributed by atoms with Crippen LogP contribution in [0.3, 0.4) is 0 Å². The Balaban J connectivity index is 5.00. The summed E-state index contributed by atoms with van der Waals surface area (Å²) in [5.74, 6) is -9.57. The lowest BCUT2D eigenvalue weighted by molar-refractivity contribution is -0.141. The highest BCUT2D eigenvalue weighted by Gasteiger charge is 2.45. The van der Waals surface area contributed by atoms with Crippen molar-refractivity contribution in [1.29, 1.82) is 0 Å². The van der Waals surface area contributed by atoms with Crippen LogP contribution in [0.1, 0.15) is 33.6 Å². The maximum absolute atomic E-state index is 13.2. The maximum atomic E-state index is 13.2. The minimum atomic E-state index is -4.56. The summed E-state index contributed by atoms with van der Waals surface area (Å²) in [5, 5.41) is 18.0. The van der Waals surface area contributed by atoms with Crippen LogP contribution in [-0.4, -0.2) is 83.1 Å². The van der Waals surface area contributed by atoms with E-state index in [2.05, 4.69) is 0 Å². The minimum Gasteiger partial charge on any atom is -0.465 e. The van der Waals surface area contributed by atoms with Crippen LogP contribution in [0, 0.1) is 11.3 Å². The van der Waals surface area contributed by atoms with E-state index < -0.39 is 74.4 Å². The second-order valence-corrected chi connectivity index (χ2v) is 8.23. The predicted octanol–water partition coefficient (Wildman–Crippen LogP) is 5.19. The number of carbonyl (C=O) groups is 2. The molecule has 0 aliphatic carbocycles. The molecule has 0 bridgehead atoms. The van der Waals surface area contributed by atoms with Crippen molar-refractivity contribution in [2.45, 2.75) is 58.3 Å². The highest BCUT2D eigenvalue weighted by Crippen LogP contribution is 2.31. The second-order valence-electron chi connectivity index (χ2n) is 8.23. The first-order chi connectivity index (χ1) is 13.8. The van der Waals surface area contributed by atoms with Crippen LogP contribution >= 0.6 is 0 Å². The number of hydrogen-bond acceptors (Lipinski definition) is 2. The molecular formula is C17H26F8N2O4. The SMILES string of the molecule is CC(CCN(CC(F)(F)C(F)F)C(=O)O)CC(C)(C)CN(CC(F)(F)C(F)F)C(=O)O. The van der Waals surface area contributed by atoms with Gasteiger partial charge >= 0.3 is 36.9 Å². The van der Waals surface area contributed by atoms with Gasteiger partial charge in [0.25, 0.3) is 0 Å². The van der Waals surface area contributed by atoms with Crippen LogP contribution in [0.5, 0.6) is 0 Å². The van der Waals surface area contributed by atoms with Gasteiger partial charge in [-0.15, -0.1) is 0 Å². The van der Waals surface area contributed by atoms with E-state index >= 15 is 0 Å². The molecule has 2 N–H and O–H groups in total. The Labute approximate surface area is 173 Å². The van der Waals surface area contributed by atoms with Gasteiger partial charge in [-0.05, 0) is 24.2 Å². The Kier molecular flexibility index (Phi) is 10.3. The topological polar surface area (TPSA) is 81.1 Å². The molecule has 0 aromatic carbocycles. The number of nitrogens with zero attached hydrogens (tertiary/aromatic N) is 2. The Bertz CT molecular complexity index is 605. The van der Waals surface area contributed by atoms with Crippen molar-refractivity contribution in [2.75, 3.05) is 26.2 Å². The Morgan fingerprint density at radius 3 is 1.55 bits per heavy atom. The smallest absolute Gasteiger partial charge is 0.407 e. The van der Waals surface area contributed by atoms with Gasteiger partial charge in [-0.3, -0.25) is 0 Å². The fourth-order valence-electron chi connectivity index (χ4n) is 3.08. The van der Waals surface area contributed by atoms with E-state index in [1.165, 1.54) is 20.8 Å². The van der Waals surface area contributed by atoms with Crippen molar-refractivity contribution in [2.24, 2.45) is 11.3 Å². The molecule has 0 heterocycles. The minimum absolute atomic E-state index is 0.0741. The summed E-state index contributed by atoms with van der Waals surface area (Å²) < 4.78 is 102. The van der Waals surface area contributed by atoms with E-state index in [1.54, 1.807) is 0 Å². The van der Waals surface area contributed by atoms with Gasteiger partial charge < -0.3 is 20.0 Å². The first-order valence-electron chi connectivity index (χ1n) is 9.08. The number of amides is 2. The summed E-state index contributed by atoms with van der Waals surface area (Å²) in [6.07, 6.45) is -11.8. The van der Waals surface area contributed by atoms with Gasteiger partial charge in [0.05, 0.1) is 13.1 Å². The number of alkyl halides is 8. The van der Waals surface area contributed by atoms with E-state index in [0.717, 1.165) is 0 Å². The molecule has 184 valence electrons. The van der Waals surface area contributed by atoms with Crippen molar-refractivity contribution in [1.82, 2.24) is 9.80 Å². The molecule has 0 saturated heterocycles. The normalized spacial score (nSPS) is 14.1. The Morgan fingerprint density at radius 1 is 0.806 bits per heavy atom. The summed E-state index contributed by atoms with van der Waals surface area (Å²) in [6, 6.07) is 0. The average molecular weight is 474 g/mol. The lowest BCUT2D eigenvalue weighted by Gasteiger charge is -2.35. The molecule has 0 rings (SSSR count). The van der Waals surface area contributed by atoms with Crippen LogP contribution in [0.2, 0.25) is 0 Å². The first-order valence-corrected chi connectivity index (χ1v) is 9.08. The lowest BCUT2D eigenvalue weighted by atomic mass is 9.81. The van der Waals surface area contributed by atoms with Crippen molar-refractivity contribution >= 4 is 12.2 Å².